The van der Waals surface area contributed by atoms with Crippen molar-refractivity contribution < 1.29 is 9.18 Å². The molecular weight excluding hydrogens is 311 g/mol. The van der Waals surface area contributed by atoms with Crippen molar-refractivity contribution in [3.05, 3.63) is 58.1 Å². The van der Waals surface area contributed by atoms with Gasteiger partial charge in [-0.3, -0.25) is 9.78 Å². The molecule has 0 fully saturated rings. The van der Waals surface area contributed by atoms with Gasteiger partial charge in [0, 0.05) is 10.7 Å². The molecule has 0 unspecified atom stereocenters. The summed E-state index contributed by atoms with van der Waals surface area (Å²) in [6, 6.07) is 7.12. The number of nitrogens with zero attached hydrogens (tertiary/aromatic N) is 1. The van der Waals surface area contributed by atoms with Gasteiger partial charge in [-0.2, -0.15) is 0 Å². The fourth-order valence-corrected chi connectivity index (χ4v) is 2.03. The number of rotatable bonds is 3. The average Bonchev–Trinajstić information content (AvgIpc) is 2.37. The van der Waals surface area contributed by atoms with E-state index in [0.29, 0.717) is 0 Å². The number of pyridine rings is 1. The summed E-state index contributed by atoms with van der Waals surface area (Å²) in [5, 5.41) is 2.52. The van der Waals surface area contributed by atoms with Crippen LogP contribution in [0.3, 0.4) is 0 Å². The average molecular weight is 323 g/mol. The molecule has 1 amide bonds. The number of amides is 1. The molecule has 98 valence electrons. The Bertz CT molecular complexity index is 616. The number of nitrogens with one attached hydrogen (secondary N) is 1. The molecule has 2 aromatic rings. The minimum atomic E-state index is -0.541. The summed E-state index contributed by atoms with van der Waals surface area (Å²) < 4.78 is 14.3. The Morgan fingerprint density at radius 1 is 1.42 bits per heavy atom. The monoisotopic (exact) mass is 322 g/mol. The molecule has 0 spiro atoms. The number of aromatic nitrogens is 1. The molecule has 1 aromatic carbocycles. The molecule has 2 rings (SSSR count). The van der Waals surface area contributed by atoms with Crippen LogP contribution < -0.4 is 5.32 Å². The van der Waals surface area contributed by atoms with Crippen molar-refractivity contribution >= 4 is 27.5 Å². The van der Waals surface area contributed by atoms with E-state index in [2.05, 4.69) is 26.2 Å². The van der Waals surface area contributed by atoms with Gasteiger partial charge >= 0.3 is 0 Å². The van der Waals surface area contributed by atoms with Gasteiger partial charge in [0.05, 0.1) is 18.3 Å². The second-order valence-corrected chi connectivity index (χ2v) is 5.02. The highest BCUT2D eigenvalue weighted by Crippen LogP contribution is 2.18. The van der Waals surface area contributed by atoms with Crippen LogP contribution in [-0.2, 0) is 11.2 Å². The zero-order valence-corrected chi connectivity index (χ0v) is 11.9. The van der Waals surface area contributed by atoms with Crippen LogP contribution in [-0.4, -0.2) is 10.9 Å². The second kappa shape index (κ2) is 5.93. The topological polar surface area (TPSA) is 42.0 Å². The van der Waals surface area contributed by atoms with Crippen LogP contribution >= 0.6 is 15.9 Å². The van der Waals surface area contributed by atoms with Gasteiger partial charge in [0.15, 0.2) is 5.82 Å². The van der Waals surface area contributed by atoms with Gasteiger partial charge in [-0.1, -0.05) is 28.1 Å². The molecule has 0 saturated heterocycles. The minimum Gasteiger partial charge on any atom is -0.323 e. The van der Waals surface area contributed by atoms with E-state index in [1.165, 1.54) is 12.3 Å². The summed E-state index contributed by atoms with van der Waals surface area (Å²) >= 11 is 3.41. The van der Waals surface area contributed by atoms with Crippen LogP contribution in [0.2, 0.25) is 0 Å². The molecule has 1 heterocycles. The van der Waals surface area contributed by atoms with Crippen molar-refractivity contribution in [1.29, 1.82) is 0 Å². The molecule has 0 atom stereocenters. The number of anilines is 1. The maximum absolute atomic E-state index is 13.3. The quantitative estimate of drug-likeness (QED) is 0.940. The summed E-state index contributed by atoms with van der Waals surface area (Å²) in [6.07, 6.45) is 2.69. The first kappa shape index (κ1) is 13.7. The molecule has 1 N–H and O–H groups in total. The number of benzene rings is 1. The lowest BCUT2D eigenvalue weighted by molar-refractivity contribution is -0.115. The molecule has 0 aliphatic heterocycles. The highest BCUT2D eigenvalue weighted by atomic mass is 79.9. The van der Waals surface area contributed by atoms with Crippen LogP contribution in [0.4, 0.5) is 10.1 Å². The molecule has 19 heavy (non-hydrogen) atoms. The zero-order chi connectivity index (χ0) is 13.8. The lowest BCUT2D eigenvalue weighted by Crippen LogP contribution is -2.15. The van der Waals surface area contributed by atoms with Crippen molar-refractivity contribution in [2.45, 2.75) is 13.3 Å². The van der Waals surface area contributed by atoms with Gasteiger partial charge in [0.1, 0.15) is 0 Å². The normalized spacial score (nSPS) is 10.3. The van der Waals surface area contributed by atoms with E-state index in [-0.39, 0.29) is 18.0 Å². The van der Waals surface area contributed by atoms with Crippen molar-refractivity contribution in [2.24, 2.45) is 0 Å². The van der Waals surface area contributed by atoms with E-state index in [9.17, 15) is 9.18 Å². The van der Waals surface area contributed by atoms with E-state index >= 15 is 0 Å². The summed E-state index contributed by atoms with van der Waals surface area (Å²) in [6.45, 7) is 1.97. The number of carbonyl (C=O) groups is 1. The molecule has 0 radical (unpaired) electrons. The van der Waals surface area contributed by atoms with Crippen LogP contribution in [0.1, 0.15) is 11.1 Å². The molecule has 5 heteroatoms. The minimum absolute atomic E-state index is 0.145. The number of hydrogen-bond acceptors (Lipinski definition) is 2. The Balaban J connectivity index is 2.05. The van der Waals surface area contributed by atoms with E-state index < -0.39 is 5.82 Å². The Hall–Kier alpha value is -1.75. The molecule has 0 aliphatic rings. The lowest BCUT2D eigenvalue weighted by Gasteiger charge is -2.07. The predicted octanol–water partition coefficient (Wildman–Crippen LogP) is 3.47. The third-order valence-corrected chi connectivity index (χ3v) is 3.50. The van der Waals surface area contributed by atoms with Crippen molar-refractivity contribution in [2.75, 3.05) is 5.32 Å². The Morgan fingerprint density at radius 2 is 2.21 bits per heavy atom. The Morgan fingerprint density at radius 3 is 2.89 bits per heavy atom. The summed E-state index contributed by atoms with van der Waals surface area (Å²) in [7, 11) is 0. The lowest BCUT2D eigenvalue weighted by atomic mass is 10.1. The number of carbonyl (C=O) groups excluding carboxylic acids is 1. The van der Waals surface area contributed by atoms with Gasteiger partial charge in [0.2, 0.25) is 5.91 Å². The fourth-order valence-electron chi connectivity index (χ4n) is 1.60. The molecule has 3 nitrogen and oxygen atoms in total. The number of hydrogen-bond donors (Lipinski definition) is 1. The molecule has 0 saturated carbocycles. The summed E-state index contributed by atoms with van der Waals surface area (Å²) in [5.41, 5.74) is 2.11. The first-order valence-electron chi connectivity index (χ1n) is 5.70. The molecule has 0 bridgehead atoms. The van der Waals surface area contributed by atoms with E-state index in [1.54, 1.807) is 0 Å². The van der Waals surface area contributed by atoms with Crippen LogP contribution in [0.15, 0.2) is 41.1 Å². The second-order valence-electron chi connectivity index (χ2n) is 4.16. The maximum Gasteiger partial charge on any atom is 0.228 e. The summed E-state index contributed by atoms with van der Waals surface area (Å²) in [5.74, 6) is -0.804. The van der Waals surface area contributed by atoms with Gasteiger partial charge in [0.25, 0.3) is 0 Å². The first-order chi connectivity index (χ1) is 9.06. The van der Waals surface area contributed by atoms with Gasteiger partial charge < -0.3 is 5.32 Å². The highest BCUT2D eigenvalue weighted by Gasteiger charge is 2.08. The van der Waals surface area contributed by atoms with Crippen molar-refractivity contribution in [3.8, 4) is 0 Å². The predicted molar refractivity (Wildman–Crippen MR) is 75.4 cm³/mol. The smallest absolute Gasteiger partial charge is 0.228 e. The van der Waals surface area contributed by atoms with Crippen molar-refractivity contribution in [3.63, 3.8) is 0 Å². The van der Waals surface area contributed by atoms with Crippen LogP contribution in [0.25, 0.3) is 0 Å². The standard InChI is InChI=1S/C14H12BrFN2O/c1-9-2-3-10(6-11(9)15)7-14(19)18-13-4-5-17-8-12(13)16/h2-6,8H,7H2,1H3,(H,17,18,19). The van der Waals surface area contributed by atoms with E-state index in [1.807, 2.05) is 25.1 Å². The van der Waals surface area contributed by atoms with E-state index in [4.69, 9.17) is 0 Å². The molecular formula is C14H12BrFN2O. The van der Waals surface area contributed by atoms with Gasteiger partial charge in [-0.15, -0.1) is 0 Å². The number of aryl methyl sites for hydroxylation is 1. The zero-order valence-electron chi connectivity index (χ0n) is 10.3. The van der Waals surface area contributed by atoms with Crippen LogP contribution in [0.5, 0.6) is 0 Å². The SMILES string of the molecule is Cc1ccc(CC(=O)Nc2ccncc2F)cc1Br. The third-order valence-electron chi connectivity index (χ3n) is 2.65. The van der Waals surface area contributed by atoms with Crippen LogP contribution in [0, 0.1) is 12.7 Å². The van der Waals surface area contributed by atoms with Gasteiger partial charge in [-0.05, 0) is 30.2 Å². The molecule has 0 aliphatic carbocycles. The highest BCUT2D eigenvalue weighted by molar-refractivity contribution is 9.10. The van der Waals surface area contributed by atoms with Crippen molar-refractivity contribution in [1.82, 2.24) is 4.98 Å². The maximum atomic E-state index is 13.3. The Kier molecular flexibility index (Phi) is 4.27. The Labute approximate surface area is 119 Å². The van der Waals surface area contributed by atoms with E-state index in [0.717, 1.165) is 21.8 Å². The first-order valence-corrected chi connectivity index (χ1v) is 6.50. The van der Waals surface area contributed by atoms with Gasteiger partial charge in [-0.25, -0.2) is 4.39 Å². The number of halogens is 2. The summed E-state index contributed by atoms with van der Waals surface area (Å²) in [4.78, 5) is 15.4. The molecule has 1 aromatic heterocycles. The third kappa shape index (κ3) is 3.61. The fraction of sp³-hybridized carbons (Fsp3) is 0.143. The largest absolute Gasteiger partial charge is 0.323 e.